The summed E-state index contributed by atoms with van der Waals surface area (Å²) >= 11 is 0. The number of nitrogens with one attached hydrogen (secondary N) is 3. The fourth-order valence-electron chi connectivity index (χ4n) is 7.72. The van der Waals surface area contributed by atoms with Gasteiger partial charge in [-0.2, -0.15) is 0 Å². The molecule has 3 aromatic carbocycles. The third-order valence-electron chi connectivity index (χ3n) is 12.7. The molecule has 3 amide bonds. The van der Waals surface area contributed by atoms with E-state index in [1.807, 2.05) is 20.8 Å². The van der Waals surface area contributed by atoms with Crippen LogP contribution in [0.4, 0.5) is 4.79 Å². The van der Waals surface area contributed by atoms with Crippen LogP contribution in [0.25, 0.3) is 0 Å². The number of ether oxygens (including phenoxy) is 8. The van der Waals surface area contributed by atoms with Gasteiger partial charge in [-0.1, -0.05) is 58.2 Å². The van der Waals surface area contributed by atoms with Gasteiger partial charge in [0.15, 0.2) is 34.5 Å². The highest BCUT2D eigenvalue weighted by Crippen LogP contribution is 2.32. The first-order valence-electron chi connectivity index (χ1n) is 31.5. The monoisotopic (exact) mass is 1480 g/mol. The summed E-state index contributed by atoms with van der Waals surface area (Å²) in [6, 6.07) is 10.7. The first-order chi connectivity index (χ1) is 45.0. The number of alkyl carbamates (subject to hydrolysis) is 1. The van der Waals surface area contributed by atoms with Gasteiger partial charge in [0.1, 0.15) is 23.7 Å². The van der Waals surface area contributed by atoms with Crippen molar-refractivity contribution in [3.05, 3.63) is 71.3 Å². The van der Waals surface area contributed by atoms with E-state index in [0.717, 1.165) is 25.7 Å². The Bertz CT molecular complexity index is 2910. The van der Waals surface area contributed by atoms with E-state index in [-0.39, 0.29) is 154 Å². The van der Waals surface area contributed by atoms with E-state index in [0.29, 0.717) is 81.3 Å². The Morgan fingerprint density at radius 2 is 0.808 bits per heavy atom. The highest BCUT2D eigenvalue weighted by Gasteiger charge is 2.26. The van der Waals surface area contributed by atoms with Crippen molar-refractivity contribution in [3.8, 4) is 34.5 Å². The van der Waals surface area contributed by atoms with Gasteiger partial charge in [0.2, 0.25) is 11.8 Å². The zero-order valence-electron chi connectivity index (χ0n) is 57.8. The number of esters is 7. The molecule has 0 heterocycles. The number of methoxy groups -OCH3 is 3. The van der Waals surface area contributed by atoms with Crippen molar-refractivity contribution in [1.82, 2.24) is 16.0 Å². The van der Waals surface area contributed by atoms with E-state index in [1.54, 1.807) is 39.0 Å². The Labute approximate surface area is 604 Å². The highest BCUT2D eigenvalue weighted by molar-refractivity contribution is 5.86. The minimum atomic E-state index is -1.02. The quantitative estimate of drug-likeness (QED) is 0.00844. The zero-order valence-corrected chi connectivity index (χ0v) is 60.8. The number of phenolic OH excluding ortho intramolecular Hbond substituents is 2. The van der Waals surface area contributed by atoms with Gasteiger partial charge >= 0.3 is 53.8 Å². The summed E-state index contributed by atoms with van der Waals surface area (Å²) in [4.78, 5) is 130. The Morgan fingerprint density at radius 3 is 1.16 bits per heavy atom. The molecule has 0 fully saturated rings. The van der Waals surface area contributed by atoms with Gasteiger partial charge in [-0.15, -0.1) is 0 Å². The van der Waals surface area contributed by atoms with Gasteiger partial charge in [0, 0.05) is 64.3 Å². The highest BCUT2D eigenvalue weighted by atomic mass is 35.5. The maximum absolute atomic E-state index is 12.5. The fourth-order valence-corrected chi connectivity index (χ4v) is 7.72. The van der Waals surface area contributed by atoms with Crippen LogP contribution in [0.5, 0.6) is 34.5 Å². The molecule has 99 heavy (non-hydrogen) atoms. The van der Waals surface area contributed by atoms with Crippen LogP contribution in [0, 0.1) is 0 Å². The fraction of sp³-hybridized carbons (Fsp3) is 0.561. The molecule has 564 valence electrons. The molecule has 3 unspecified atom stereocenters. The van der Waals surface area contributed by atoms with Crippen LogP contribution in [0.2, 0.25) is 0 Å². The molecular formula is C66H101Cl4N7O22-4. The number of nitrogens with two attached hydrogens (primary N) is 4. The molecule has 0 bridgehead atoms. The summed E-state index contributed by atoms with van der Waals surface area (Å²) in [5.74, 6) is -5.41. The van der Waals surface area contributed by atoms with E-state index in [4.69, 9.17) is 66.3 Å². The topological polar surface area (TPSA) is 462 Å². The lowest BCUT2D eigenvalue weighted by Gasteiger charge is -2.20. The Balaban J connectivity index is -0.000000445. The van der Waals surface area contributed by atoms with Crippen molar-refractivity contribution in [1.29, 1.82) is 0 Å². The van der Waals surface area contributed by atoms with Crippen LogP contribution < -0.4 is 107 Å². The third kappa shape index (κ3) is 47.8. The van der Waals surface area contributed by atoms with Gasteiger partial charge < -0.3 is 142 Å². The molecule has 0 aliphatic heterocycles. The summed E-state index contributed by atoms with van der Waals surface area (Å²) in [5.41, 5.74) is 22.9. The molecule has 3 aromatic rings. The lowest BCUT2D eigenvalue weighted by molar-refractivity contribution is -0.145. The van der Waals surface area contributed by atoms with Crippen molar-refractivity contribution in [2.24, 2.45) is 22.9 Å². The van der Waals surface area contributed by atoms with Crippen LogP contribution in [0.15, 0.2) is 54.6 Å². The van der Waals surface area contributed by atoms with Crippen molar-refractivity contribution >= 4 is 65.7 Å². The molecule has 0 spiro atoms. The number of halogens is 4. The second kappa shape index (κ2) is 58.1. The van der Waals surface area contributed by atoms with Crippen LogP contribution >= 0.6 is 0 Å². The van der Waals surface area contributed by atoms with E-state index in [9.17, 15) is 57.8 Å². The number of hydrogen-bond acceptors (Lipinski definition) is 25. The molecule has 14 N–H and O–H groups in total. The summed E-state index contributed by atoms with van der Waals surface area (Å²) in [7, 11) is 3.69. The number of amides is 3. The van der Waals surface area contributed by atoms with E-state index in [1.165, 1.54) is 57.7 Å². The number of carbonyl (C=O) groups is 11. The molecular weight excluding hydrogens is 1380 g/mol. The average Bonchev–Trinajstić information content (AvgIpc) is 0.848. The SMILES string of the molecule is CCCCC(=O)O.CCCCC(=O)Oc1ccc(CC(NC(=O)CCCNC(=O)OC(C)(C)C)C(=O)OC)cc1OC(=O)CCCC.COC(=O)C(Cc1ccc(OC(=O)CCCN)c(OC(=O)CCCN)c1)NC(=O)CCCN.COC(=O)C(N)Cc1ccc(O)c(O)c1.[Cl-].[Cl-].[Cl-].[Cl-]. The van der Waals surface area contributed by atoms with Gasteiger partial charge in [-0.05, 0) is 145 Å². The minimum Gasteiger partial charge on any atom is -1.00 e. The smallest absolute Gasteiger partial charge is 0.407 e. The van der Waals surface area contributed by atoms with Crippen molar-refractivity contribution in [2.45, 2.75) is 194 Å². The first kappa shape index (κ1) is 99.9. The van der Waals surface area contributed by atoms with Crippen LogP contribution in [0.1, 0.15) is 167 Å². The Kier molecular flexibility index (Phi) is 58.6. The molecule has 29 nitrogen and oxygen atoms in total. The number of unbranched alkanes of at least 4 members (excludes halogenated alkanes) is 3. The molecule has 0 saturated heterocycles. The molecule has 3 atom stereocenters. The van der Waals surface area contributed by atoms with Crippen molar-refractivity contribution in [3.63, 3.8) is 0 Å². The molecule has 0 radical (unpaired) electrons. The Hall–Kier alpha value is -7.77. The number of carboxylic acids is 1. The number of aliphatic carboxylic acids is 1. The molecule has 0 saturated carbocycles. The van der Waals surface area contributed by atoms with Gasteiger partial charge in [0.25, 0.3) is 0 Å². The first-order valence-corrected chi connectivity index (χ1v) is 31.5. The summed E-state index contributed by atoms with van der Waals surface area (Å²) in [6.45, 7) is 12.4. The number of hydrogen-bond donors (Lipinski definition) is 10. The third-order valence-corrected chi connectivity index (χ3v) is 12.7. The van der Waals surface area contributed by atoms with Gasteiger partial charge in [-0.3, -0.25) is 38.4 Å². The molecule has 3 rings (SSSR count). The number of phenols is 2. The standard InChI is InChI=1S/C29H44N2O9.C22H34N4O7.C10H13NO4.C5H10O2.4ClH/c1-7-9-13-25(33)38-22-16-15-20(19-23(22)39-26(34)14-10-8-2)18-21(27(35)37-6)31-24(32)12-11-17-30-28(36)40-29(3,4)5;1-31-22(30)16(26-19(27)5-2-10-23)13-15-8-9-17(32-20(28)6-3-11-24)18(14-15)33-21(29)7-4-12-25;1-15-10(14)7(11)4-6-2-3-8(12)9(13)5-6;1-2-3-4-5(6)7;;;;/h15-16,19,21H,7-14,17-18H2,1-6H3,(H,30,36)(H,31,32);8-9,14,16H,2-7,10-13,23-25H2,1H3,(H,26,27);2-3,5,7,12-13H,4,11H2,1H3;2-4H2,1H3,(H,6,7);4*1H/p-4. The van der Waals surface area contributed by atoms with Crippen molar-refractivity contribution < 1.29 is 156 Å². The summed E-state index contributed by atoms with van der Waals surface area (Å²) in [5, 5.41) is 34.2. The van der Waals surface area contributed by atoms with Gasteiger partial charge in [-0.25, -0.2) is 14.4 Å². The summed E-state index contributed by atoms with van der Waals surface area (Å²) in [6.07, 6.45) is 7.35. The average molecular weight is 1490 g/mol. The number of aromatic hydroxyl groups is 2. The molecule has 0 aromatic heterocycles. The maximum Gasteiger partial charge on any atom is 0.407 e. The van der Waals surface area contributed by atoms with Crippen LogP contribution in [-0.2, 0) is 86.2 Å². The minimum absolute atomic E-state index is 0. The Morgan fingerprint density at radius 1 is 0.455 bits per heavy atom. The van der Waals surface area contributed by atoms with Crippen LogP contribution in [0.3, 0.4) is 0 Å². The van der Waals surface area contributed by atoms with E-state index in [2.05, 4.69) is 20.7 Å². The molecule has 33 heteroatoms. The molecule has 0 aliphatic rings. The second-order valence-electron chi connectivity index (χ2n) is 22.2. The summed E-state index contributed by atoms with van der Waals surface area (Å²) < 4.78 is 40.9. The largest absolute Gasteiger partial charge is 1.00 e. The normalized spacial score (nSPS) is 11.0. The predicted molar refractivity (Wildman–Crippen MR) is 349 cm³/mol. The zero-order chi connectivity index (χ0) is 71.9. The lowest BCUT2D eigenvalue weighted by Crippen LogP contribution is -3.00. The number of benzene rings is 3. The van der Waals surface area contributed by atoms with Crippen molar-refractivity contribution in [2.75, 3.05) is 47.5 Å². The maximum atomic E-state index is 12.5. The molecule has 0 aliphatic carbocycles. The number of rotatable bonds is 37. The van der Waals surface area contributed by atoms with Crippen LogP contribution in [-0.4, -0.2) is 152 Å². The predicted octanol–water partition coefficient (Wildman–Crippen LogP) is -6.28. The number of carboxylic acid groups (broad SMARTS) is 1. The second-order valence-corrected chi connectivity index (χ2v) is 22.2. The lowest BCUT2D eigenvalue weighted by atomic mass is 10.0. The van der Waals surface area contributed by atoms with Gasteiger partial charge in [0.05, 0.1) is 21.3 Å². The van der Waals surface area contributed by atoms with E-state index >= 15 is 0 Å². The van der Waals surface area contributed by atoms with E-state index < -0.39 is 83.5 Å². The number of carbonyl (C=O) groups excluding carboxylic acids is 10.